The highest BCUT2D eigenvalue weighted by atomic mass is 35.5. The monoisotopic (exact) mass is 454 g/mol. The fraction of sp³-hybridized carbons (Fsp3) is 0.167. The molecule has 1 N–H and O–H groups in total. The van der Waals surface area contributed by atoms with Crippen LogP contribution in [0.3, 0.4) is 0 Å². The van der Waals surface area contributed by atoms with Gasteiger partial charge in [0.05, 0.1) is 22.6 Å². The largest absolute Gasteiger partial charge is 0.483 e. The number of carbonyl (C=O) groups excluding carboxylic acids is 2. The molecule has 31 heavy (non-hydrogen) atoms. The van der Waals surface area contributed by atoms with E-state index in [-0.39, 0.29) is 24.5 Å². The lowest BCUT2D eigenvalue weighted by atomic mass is 10.1. The molecule has 0 unspecified atom stereocenters. The first-order valence-corrected chi connectivity index (χ1v) is 10.5. The molecule has 3 aromatic rings. The first-order chi connectivity index (χ1) is 14.9. The molecule has 2 amide bonds. The molecule has 1 heterocycles. The maximum absolute atomic E-state index is 12.7. The zero-order valence-electron chi connectivity index (χ0n) is 16.8. The van der Waals surface area contributed by atoms with Crippen LogP contribution in [-0.4, -0.2) is 23.3 Å². The van der Waals surface area contributed by atoms with E-state index in [1.165, 1.54) is 6.07 Å². The molecule has 1 aliphatic rings. The topological polar surface area (TPSA) is 58.6 Å². The van der Waals surface area contributed by atoms with Gasteiger partial charge in [-0.3, -0.25) is 9.59 Å². The molecule has 7 heteroatoms. The summed E-state index contributed by atoms with van der Waals surface area (Å²) >= 11 is 11.9. The molecule has 0 saturated heterocycles. The van der Waals surface area contributed by atoms with Crippen molar-refractivity contribution in [1.82, 2.24) is 4.90 Å². The normalized spacial score (nSPS) is 14.3. The van der Waals surface area contributed by atoms with Crippen molar-refractivity contribution in [1.29, 1.82) is 0 Å². The summed E-state index contributed by atoms with van der Waals surface area (Å²) < 4.78 is 5.71. The number of carbonyl (C=O) groups is 2. The fourth-order valence-electron chi connectivity index (χ4n) is 3.52. The predicted octanol–water partition coefficient (Wildman–Crippen LogP) is 5.73. The molecule has 0 saturated carbocycles. The summed E-state index contributed by atoms with van der Waals surface area (Å²) in [7, 11) is 0. The Kier molecular flexibility index (Phi) is 6.16. The Bertz CT molecular complexity index is 1130. The van der Waals surface area contributed by atoms with Gasteiger partial charge in [-0.05, 0) is 48.9 Å². The Morgan fingerprint density at radius 1 is 1.03 bits per heavy atom. The van der Waals surface area contributed by atoms with E-state index in [1.54, 1.807) is 29.2 Å². The van der Waals surface area contributed by atoms with Gasteiger partial charge in [0.15, 0.2) is 6.61 Å². The van der Waals surface area contributed by atoms with Crippen molar-refractivity contribution in [2.24, 2.45) is 0 Å². The second-order valence-corrected chi connectivity index (χ2v) is 8.12. The molecule has 0 aromatic heterocycles. The van der Waals surface area contributed by atoms with Crippen LogP contribution >= 0.6 is 23.2 Å². The number of anilines is 1. The van der Waals surface area contributed by atoms with Crippen LogP contribution in [0.25, 0.3) is 0 Å². The minimum absolute atomic E-state index is 0.0286. The lowest BCUT2D eigenvalue weighted by Gasteiger charge is -2.28. The smallest absolute Gasteiger partial charge is 0.261 e. The number of hydrogen-bond acceptors (Lipinski definition) is 3. The van der Waals surface area contributed by atoms with Gasteiger partial charge in [0.1, 0.15) is 5.75 Å². The average Bonchev–Trinajstić information content (AvgIpc) is 2.94. The van der Waals surface area contributed by atoms with Crippen LogP contribution in [0.5, 0.6) is 5.75 Å². The van der Waals surface area contributed by atoms with E-state index in [1.807, 2.05) is 43.3 Å². The summed E-state index contributed by atoms with van der Waals surface area (Å²) in [5.41, 5.74) is 2.86. The van der Waals surface area contributed by atoms with Crippen molar-refractivity contribution >= 4 is 40.7 Å². The van der Waals surface area contributed by atoms with Gasteiger partial charge < -0.3 is 15.0 Å². The predicted molar refractivity (Wildman–Crippen MR) is 122 cm³/mol. The van der Waals surface area contributed by atoms with Crippen molar-refractivity contribution in [3.8, 4) is 5.75 Å². The molecule has 3 aromatic carbocycles. The molecule has 5 nitrogen and oxygen atoms in total. The number of ether oxygens (including phenoxy) is 1. The summed E-state index contributed by atoms with van der Waals surface area (Å²) in [6, 6.07) is 19.8. The van der Waals surface area contributed by atoms with Gasteiger partial charge in [-0.1, -0.05) is 53.5 Å². The highest BCUT2D eigenvalue weighted by Gasteiger charge is 2.26. The summed E-state index contributed by atoms with van der Waals surface area (Å²) in [6.45, 7) is 2.34. The molecular formula is C24H20Cl2N2O3. The molecule has 4 rings (SSSR count). The molecule has 158 valence electrons. The van der Waals surface area contributed by atoms with E-state index >= 15 is 0 Å². The standard InChI is InChI=1S/C24H20Cl2N2O3/c1-15(16-5-3-2-4-6-16)28-13-18-11-19(8-10-22(18)31-14-23(28)29)27-24(30)17-7-9-20(25)21(26)12-17/h2-12,15H,13-14H2,1H3,(H,27,30)/t15-/m1/s1. The van der Waals surface area contributed by atoms with Crippen LogP contribution in [-0.2, 0) is 11.3 Å². The number of nitrogens with one attached hydrogen (secondary N) is 1. The highest BCUT2D eigenvalue weighted by molar-refractivity contribution is 6.42. The minimum atomic E-state index is -0.307. The molecule has 0 aliphatic carbocycles. The van der Waals surface area contributed by atoms with Crippen LogP contribution in [0.2, 0.25) is 10.0 Å². The van der Waals surface area contributed by atoms with Crippen molar-refractivity contribution in [3.63, 3.8) is 0 Å². The number of fused-ring (bicyclic) bond motifs is 1. The van der Waals surface area contributed by atoms with Gasteiger partial charge in [-0.15, -0.1) is 0 Å². The fourth-order valence-corrected chi connectivity index (χ4v) is 3.82. The van der Waals surface area contributed by atoms with Crippen LogP contribution < -0.4 is 10.1 Å². The van der Waals surface area contributed by atoms with Crippen LogP contribution in [0.15, 0.2) is 66.7 Å². The molecule has 0 fully saturated rings. The van der Waals surface area contributed by atoms with E-state index in [0.29, 0.717) is 33.6 Å². The van der Waals surface area contributed by atoms with E-state index in [4.69, 9.17) is 27.9 Å². The molecule has 1 aliphatic heterocycles. The third-order valence-corrected chi connectivity index (χ3v) is 6.00. The lowest BCUT2D eigenvalue weighted by molar-refractivity contribution is -0.135. The van der Waals surface area contributed by atoms with Crippen LogP contribution in [0.1, 0.15) is 34.5 Å². The van der Waals surface area contributed by atoms with Crippen LogP contribution in [0, 0.1) is 0 Å². The average molecular weight is 455 g/mol. The van der Waals surface area contributed by atoms with E-state index in [2.05, 4.69) is 5.32 Å². The number of benzene rings is 3. The number of rotatable bonds is 4. The minimum Gasteiger partial charge on any atom is -0.483 e. The Labute approximate surface area is 190 Å². The SMILES string of the molecule is C[C@H](c1ccccc1)N1Cc2cc(NC(=O)c3ccc(Cl)c(Cl)c3)ccc2OCC1=O. The van der Waals surface area contributed by atoms with Gasteiger partial charge in [-0.2, -0.15) is 0 Å². The van der Waals surface area contributed by atoms with Crippen LogP contribution in [0.4, 0.5) is 5.69 Å². The summed E-state index contributed by atoms with van der Waals surface area (Å²) in [6.07, 6.45) is 0. The van der Waals surface area contributed by atoms with Gasteiger partial charge in [0.25, 0.3) is 11.8 Å². The van der Waals surface area contributed by atoms with Crippen molar-refractivity contribution in [2.75, 3.05) is 11.9 Å². The Hall–Kier alpha value is -3.02. The first-order valence-electron chi connectivity index (χ1n) is 9.79. The Morgan fingerprint density at radius 3 is 2.55 bits per heavy atom. The summed E-state index contributed by atoms with van der Waals surface area (Å²) in [5, 5.41) is 3.56. The second-order valence-electron chi connectivity index (χ2n) is 7.30. The zero-order chi connectivity index (χ0) is 22.0. The number of halogens is 2. The highest BCUT2D eigenvalue weighted by Crippen LogP contribution is 2.31. The number of amides is 2. The molecule has 1 atom stereocenters. The van der Waals surface area contributed by atoms with Gasteiger partial charge in [0, 0.05) is 16.8 Å². The molecular weight excluding hydrogens is 435 g/mol. The van der Waals surface area contributed by atoms with Gasteiger partial charge >= 0.3 is 0 Å². The van der Waals surface area contributed by atoms with Crippen molar-refractivity contribution < 1.29 is 14.3 Å². The summed E-state index contributed by atoms with van der Waals surface area (Å²) in [4.78, 5) is 27.1. The Morgan fingerprint density at radius 2 is 1.81 bits per heavy atom. The zero-order valence-corrected chi connectivity index (χ0v) is 18.3. The second kappa shape index (κ2) is 9.00. The van der Waals surface area contributed by atoms with Crippen molar-refractivity contribution in [2.45, 2.75) is 19.5 Å². The summed E-state index contributed by atoms with van der Waals surface area (Å²) in [5.74, 6) is 0.233. The van der Waals surface area contributed by atoms with Gasteiger partial charge in [-0.25, -0.2) is 0 Å². The maximum Gasteiger partial charge on any atom is 0.261 e. The van der Waals surface area contributed by atoms with E-state index in [9.17, 15) is 9.59 Å². The third kappa shape index (κ3) is 4.68. The third-order valence-electron chi connectivity index (χ3n) is 5.26. The molecule has 0 bridgehead atoms. The van der Waals surface area contributed by atoms with Gasteiger partial charge in [0.2, 0.25) is 0 Å². The molecule has 0 spiro atoms. The lowest BCUT2D eigenvalue weighted by Crippen LogP contribution is -2.34. The molecule has 0 radical (unpaired) electrons. The number of hydrogen-bond donors (Lipinski definition) is 1. The van der Waals surface area contributed by atoms with E-state index in [0.717, 1.165) is 11.1 Å². The number of nitrogens with zero attached hydrogens (tertiary/aromatic N) is 1. The van der Waals surface area contributed by atoms with Crippen molar-refractivity contribution in [3.05, 3.63) is 93.5 Å². The Balaban J connectivity index is 1.56. The quantitative estimate of drug-likeness (QED) is 0.547. The van der Waals surface area contributed by atoms with E-state index < -0.39 is 0 Å². The first kappa shape index (κ1) is 21.2. The maximum atomic E-state index is 12.7.